The van der Waals surface area contributed by atoms with Crippen molar-refractivity contribution in [1.82, 2.24) is 0 Å². The highest BCUT2D eigenvalue weighted by Crippen LogP contribution is 2.30. The van der Waals surface area contributed by atoms with E-state index in [1.807, 2.05) is 0 Å². The Kier molecular flexibility index (Phi) is 3.51. The summed E-state index contributed by atoms with van der Waals surface area (Å²) in [5.41, 5.74) is 5.83. The molecule has 1 heterocycles. The maximum absolute atomic E-state index is 11.7. The van der Waals surface area contributed by atoms with Crippen LogP contribution in [0.1, 0.15) is 16.6 Å². The molecule has 0 fully saturated rings. The van der Waals surface area contributed by atoms with Crippen molar-refractivity contribution < 1.29 is 13.2 Å². The van der Waals surface area contributed by atoms with Gasteiger partial charge in [-0.15, -0.1) is 11.3 Å². The summed E-state index contributed by atoms with van der Waals surface area (Å²) in [5, 5.41) is 0.818. The summed E-state index contributed by atoms with van der Waals surface area (Å²) in [7, 11) is -3.30. The van der Waals surface area contributed by atoms with E-state index >= 15 is 0 Å². The number of carbonyl (C=O) groups is 1. The maximum atomic E-state index is 11.7. The van der Waals surface area contributed by atoms with Gasteiger partial charge in [-0.25, -0.2) is 8.42 Å². The van der Waals surface area contributed by atoms with E-state index in [9.17, 15) is 13.2 Å². The molecule has 1 aromatic carbocycles. The molecule has 0 radical (unpaired) electrons. The molecule has 0 saturated carbocycles. The predicted molar refractivity (Wildman–Crippen MR) is 78.2 cm³/mol. The summed E-state index contributed by atoms with van der Waals surface area (Å²) in [6.07, 6.45) is 1.17. The highest BCUT2D eigenvalue weighted by atomic mass is 32.2. The fourth-order valence-corrected chi connectivity index (χ4v) is 3.78. The summed E-state index contributed by atoms with van der Waals surface area (Å²) in [5.74, 6) is -0.474. The van der Waals surface area contributed by atoms with Crippen LogP contribution in [-0.4, -0.2) is 27.1 Å². The Morgan fingerprint density at radius 2 is 2.05 bits per heavy atom. The molecule has 0 atom stereocenters. The van der Waals surface area contributed by atoms with Crippen LogP contribution in [0.4, 0.5) is 5.69 Å². The molecule has 1 amide bonds. The van der Waals surface area contributed by atoms with E-state index in [-0.39, 0.29) is 0 Å². The first kappa shape index (κ1) is 13.8. The summed E-state index contributed by atoms with van der Waals surface area (Å²) < 4.78 is 25.6. The Labute approximate surface area is 115 Å². The molecule has 2 N–H and O–H groups in total. The Hall–Kier alpha value is -1.60. The molecule has 7 heteroatoms. The number of benzene rings is 1. The molecule has 5 nitrogen and oxygen atoms in total. The third kappa shape index (κ3) is 2.71. The normalized spacial score (nSPS) is 11.7. The summed E-state index contributed by atoms with van der Waals surface area (Å²) >= 11 is 1.30. The fourth-order valence-electron chi connectivity index (χ4n) is 1.92. The lowest BCUT2D eigenvalue weighted by atomic mass is 10.2. The molecule has 2 aromatic rings. The van der Waals surface area contributed by atoms with Crippen LogP contribution in [0.5, 0.6) is 0 Å². The van der Waals surface area contributed by atoms with E-state index in [0.29, 0.717) is 17.1 Å². The number of thiophene rings is 1. The number of anilines is 1. The van der Waals surface area contributed by atoms with Crippen LogP contribution in [0.15, 0.2) is 24.3 Å². The summed E-state index contributed by atoms with van der Waals surface area (Å²) in [4.78, 5) is 11.6. The molecule has 0 unspecified atom stereocenters. The number of sulfonamides is 1. The minimum atomic E-state index is -3.30. The number of rotatable bonds is 4. The average Bonchev–Trinajstić information content (AvgIpc) is 2.71. The molecular formula is C12H14N2O3S2. The third-order valence-corrected chi connectivity index (χ3v) is 5.12. The molecule has 0 bridgehead atoms. The number of fused-ring (bicyclic) bond motifs is 1. The van der Waals surface area contributed by atoms with Gasteiger partial charge in [-0.2, -0.15) is 0 Å². The van der Waals surface area contributed by atoms with Crippen molar-refractivity contribution in [2.24, 2.45) is 5.73 Å². The number of hydrogen-bond acceptors (Lipinski definition) is 4. The van der Waals surface area contributed by atoms with Crippen molar-refractivity contribution in [3.8, 4) is 0 Å². The summed E-state index contributed by atoms with van der Waals surface area (Å²) in [6.45, 7) is 2.13. The Bertz CT molecular complexity index is 735. The first-order valence-corrected chi connectivity index (χ1v) is 8.30. The second kappa shape index (κ2) is 4.82. The van der Waals surface area contributed by atoms with Crippen molar-refractivity contribution in [2.75, 3.05) is 17.1 Å². The highest BCUT2D eigenvalue weighted by Gasteiger charge is 2.16. The minimum Gasteiger partial charge on any atom is -0.365 e. The standard InChI is InChI=1S/C12H14N2O3S2/c1-3-14(19(2,16)17)9-4-5-10-8(6-9)7-11(18-10)12(13)15/h4-7H,3H2,1-2H3,(H2,13,15). The maximum Gasteiger partial charge on any atom is 0.258 e. The smallest absolute Gasteiger partial charge is 0.258 e. The zero-order valence-electron chi connectivity index (χ0n) is 10.6. The predicted octanol–water partition coefficient (Wildman–Crippen LogP) is 1.79. The van der Waals surface area contributed by atoms with E-state index in [1.165, 1.54) is 21.9 Å². The van der Waals surface area contributed by atoms with Crippen LogP contribution >= 0.6 is 11.3 Å². The average molecular weight is 298 g/mol. The van der Waals surface area contributed by atoms with Crippen LogP contribution in [-0.2, 0) is 10.0 Å². The number of nitrogens with two attached hydrogens (primary N) is 1. The SMILES string of the molecule is CCN(c1ccc2sc(C(N)=O)cc2c1)S(C)(=O)=O. The molecule has 0 spiro atoms. The molecule has 0 aliphatic heterocycles. The molecule has 2 rings (SSSR count). The number of primary amides is 1. The molecule has 102 valence electrons. The molecular weight excluding hydrogens is 284 g/mol. The Balaban J connectivity index is 2.55. The van der Waals surface area contributed by atoms with Gasteiger partial charge in [-0.05, 0) is 36.6 Å². The van der Waals surface area contributed by atoms with Gasteiger partial charge in [0.15, 0.2) is 0 Å². The first-order chi connectivity index (χ1) is 8.82. The number of carbonyl (C=O) groups excluding carboxylic acids is 1. The zero-order valence-corrected chi connectivity index (χ0v) is 12.2. The number of hydrogen-bond donors (Lipinski definition) is 1. The van der Waals surface area contributed by atoms with Crippen molar-refractivity contribution in [2.45, 2.75) is 6.92 Å². The van der Waals surface area contributed by atoms with E-state index in [1.54, 1.807) is 31.2 Å². The van der Waals surface area contributed by atoms with Crippen LogP contribution in [0.2, 0.25) is 0 Å². The highest BCUT2D eigenvalue weighted by molar-refractivity contribution is 7.92. The summed E-state index contributed by atoms with van der Waals surface area (Å²) in [6, 6.07) is 6.97. The van der Waals surface area contributed by atoms with E-state index in [0.717, 1.165) is 10.1 Å². The van der Waals surface area contributed by atoms with Gasteiger partial charge in [0.1, 0.15) is 0 Å². The van der Waals surface area contributed by atoms with E-state index < -0.39 is 15.9 Å². The van der Waals surface area contributed by atoms with Crippen molar-refractivity contribution in [1.29, 1.82) is 0 Å². The number of nitrogens with zero attached hydrogens (tertiary/aromatic N) is 1. The lowest BCUT2D eigenvalue weighted by Gasteiger charge is -2.20. The van der Waals surface area contributed by atoms with Gasteiger partial charge in [0.2, 0.25) is 10.0 Å². The van der Waals surface area contributed by atoms with Gasteiger partial charge in [-0.3, -0.25) is 9.10 Å². The number of amides is 1. The van der Waals surface area contributed by atoms with Crippen molar-refractivity contribution in [3.63, 3.8) is 0 Å². The monoisotopic (exact) mass is 298 g/mol. The van der Waals surface area contributed by atoms with E-state index in [2.05, 4.69) is 0 Å². The van der Waals surface area contributed by atoms with Crippen LogP contribution < -0.4 is 10.0 Å². The quantitative estimate of drug-likeness (QED) is 0.934. The molecule has 19 heavy (non-hydrogen) atoms. The minimum absolute atomic E-state index is 0.358. The van der Waals surface area contributed by atoms with Gasteiger partial charge in [-0.1, -0.05) is 0 Å². The molecule has 0 saturated heterocycles. The third-order valence-electron chi connectivity index (χ3n) is 2.72. The van der Waals surface area contributed by atoms with Gasteiger partial charge < -0.3 is 5.73 Å². The van der Waals surface area contributed by atoms with Crippen molar-refractivity contribution >= 4 is 43.0 Å². The second-order valence-corrected chi connectivity index (χ2v) is 7.12. The largest absolute Gasteiger partial charge is 0.365 e. The Morgan fingerprint density at radius 1 is 1.37 bits per heavy atom. The van der Waals surface area contributed by atoms with Crippen LogP contribution in [0.25, 0.3) is 10.1 Å². The topological polar surface area (TPSA) is 80.5 Å². The van der Waals surface area contributed by atoms with Gasteiger partial charge in [0.05, 0.1) is 16.8 Å². The fraction of sp³-hybridized carbons (Fsp3) is 0.250. The Morgan fingerprint density at radius 3 is 2.58 bits per heavy atom. The second-order valence-electron chi connectivity index (χ2n) is 4.12. The van der Waals surface area contributed by atoms with Crippen molar-refractivity contribution in [3.05, 3.63) is 29.1 Å². The van der Waals surface area contributed by atoms with Gasteiger partial charge in [0.25, 0.3) is 5.91 Å². The van der Waals surface area contributed by atoms with Gasteiger partial charge in [0, 0.05) is 11.2 Å². The van der Waals surface area contributed by atoms with Gasteiger partial charge >= 0.3 is 0 Å². The lowest BCUT2D eigenvalue weighted by Crippen LogP contribution is -2.29. The first-order valence-electron chi connectivity index (χ1n) is 5.64. The molecule has 1 aromatic heterocycles. The zero-order chi connectivity index (χ0) is 14.2. The molecule has 0 aliphatic rings. The van der Waals surface area contributed by atoms with Crippen LogP contribution in [0.3, 0.4) is 0 Å². The van der Waals surface area contributed by atoms with E-state index in [4.69, 9.17) is 5.73 Å². The molecule has 0 aliphatic carbocycles. The lowest BCUT2D eigenvalue weighted by molar-refractivity contribution is 0.100. The van der Waals surface area contributed by atoms with Crippen LogP contribution in [0, 0.1) is 0 Å².